The molecule has 2 heteroatoms. The van der Waals surface area contributed by atoms with Gasteiger partial charge in [0.2, 0.25) is 0 Å². The Labute approximate surface area is 103 Å². The van der Waals surface area contributed by atoms with Gasteiger partial charge in [0.15, 0.2) is 0 Å². The van der Waals surface area contributed by atoms with E-state index in [1.807, 2.05) is 0 Å². The SMILES string of the molecule is Cc1ccc([C@@]2(O)CN3CC[C@H](C)C[C@@H]32)cc1. The Hall–Kier alpha value is -0.860. The molecule has 0 aliphatic carbocycles. The summed E-state index contributed by atoms with van der Waals surface area (Å²) in [6.07, 6.45) is 2.41. The first-order valence-electron chi connectivity index (χ1n) is 6.63. The fourth-order valence-electron chi connectivity index (χ4n) is 3.30. The van der Waals surface area contributed by atoms with Crippen LogP contribution in [0.15, 0.2) is 24.3 Å². The Morgan fingerprint density at radius 1 is 1.29 bits per heavy atom. The van der Waals surface area contributed by atoms with Crippen LogP contribution in [-0.4, -0.2) is 29.1 Å². The summed E-state index contributed by atoms with van der Waals surface area (Å²) in [4.78, 5) is 2.43. The molecule has 1 aromatic carbocycles. The van der Waals surface area contributed by atoms with Gasteiger partial charge in [-0.3, -0.25) is 4.90 Å². The van der Waals surface area contributed by atoms with Crippen molar-refractivity contribution in [2.24, 2.45) is 5.92 Å². The van der Waals surface area contributed by atoms with Crippen LogP contribution in [0.2, 0.25) is 0 Å². The maximum atomic E-state index is 10.8. The molecule has 0 saturated carbocycles. The van der Waals surface area contributed by atoms with Crippen molar-refractivity contribution in [1.29, 1.82) is 0 Å². The second-order valence-corrected chi connectivity index (χ2v) is 5.91. The fraction of sp³-hybridized carbons (Fsp3) is 0.600. The van der Waals surface area contributed by atoms with Crippen LogP contribution in [0.5, 0.6) is 0 Å². The van der Waals surface area contributed by atoms with Gasteiger partial charge >= 0.3 is 0 Å². The predicted octanol–water partition coefficient (Wildman–Crippen LogP) is 2.30. The molecule has 2 saturated heterocycles. The molecular weight excluding hydrogens is 210 g/mol. The summed E-state index contributed by atoms with van der Waals surface area (Å²) < 4.78 is 0. The molecule has 0 unspecified atom stereocenters. The van der Waals surface area contributed by atoms with Gasteiger partial charge in [-0.25, -0.2) is 0 Å². The first-order chi connectivity index (χ1) is 8.09. The molecule has 2 heterocycles. The van der Waals surface area contributed by atoms with Gasteiger partial charge in [-0.1, -0.05) is 36.8 Å². The Morgan fingerprint density at radius 2 is 2.00 bits per heavy atom. The van der Waals surface area contributed by atoms with Crippen molar-refractivity contribution >= 4 is 0 Å². The van der Waals surface area contributed by atoms with Crippen LogP contribution >= 0.6 is 0 Å². The van der Waals surface area contributed by atoms with Crippen molar-refractivity contribution in [1.82, 2.24) is 4.90 Å². The van der Waals surface area contributed by atoms with Gasteiger partial charge < -0.3 is 5.11 Å². The number of aryl methyl sites for hydroxylation is 1. The Bertz CT molecular complexity index is 413. The van der Waals surface area contributed by atoms with Crippen molar-refractivity contribution in [2.45, 2.75) is 38.3 Å². The Kier molecular flexibility index (Phi) is 2.53. The summed E-state index contributed by atoms with van der Waals surface area (Å²) >= 11 is 0. The van der Waals surface area contributed by atoms with Gasteiger partial charge in [-0.05, 0) is 37.8 Å². The minimum atomic E-state index is -0.595. The zero-order chi connectivity index (χ0) is 12.0. The molecule has 1 aromatic rings. The minimum absolute atomic E-state index is 0.342. The number of nitrogens with zero attached hydrogens (tertiary/aromatic N) is 1. The summed E-state index contributed by atoms with van der Waals surface area (Å²) in [6.45, 7) is 6.35. The maximum absolute atomic E-state index is 10.8. The molecule has 3 atom stereocenters. The van der Waals surface area contributed by atoms with Crippen molar-refractivity contribution < 1.29 is 5.11 Å². The van der Waals surface area contributed by atoms with Crippen LogP contribution in [0.25, 0.3) is 0 Å². The van der Waals surface area contributed by atoms with Gasteiger partial charge in [-0.2, -0.15) is 0 Å². The lowest BCUT2D eigenvalue weighted by Crippen LogP contribution is -2.69. The van der Waals surface area contributed by atoms with Crippen LogP contribution in [0.4, 0.5) is 0 Å². The van der Waals surface area contributed by atoms with Gasteiger partial charge in [0.05, 0.1) is 0 Å². The zero-order valence-electron chi connectivity index (χ0n) is 10.7. The highest BCUT2D eigenvalue weighted by atomic mass is 16.3. The van der Waals surface area contributed by atoms with E-state index in [0.717, 1.165) is 31.0 Å². The van der Waals surface area contributed by atoms with Crippen molar-refractivity contribution in [3.63, 3.8) is 0 Å². The average Bonchev–Trinajstić information content (AvgIpc) is 2.31. The molecular formula is C15H21NO. The van der Waals surface area contributed by atoms with Crippen molar-refractivity contribution in [3.8, 4) is 0 Å². The normalized spacial score (nSPS) is 37.4. The number of hydrogen-bond acceptors (Lipinski definition) is 2. The molecule has 0 bridgehead atoms. The highest BCUT2D eigenvalue weighted by Crippen LogP contribution is 2.44. The molecule has 3 rings (SSSR count). The van der Waals surface area contributed by atoms with Crippen LogP contribution in [0.3, 0.4) is 0 Å². The van der Waals surface area contributed by atoms with E-state index < -0.39 is 5.60 Å². The lowest BCUT2D eigenvalue weighted by molar-refractivity contribution is -0.179. The molecule has 0 spiro atoms. The molecule has 0 radical (unpaired) electrons. The van der Waals surface area contributed by atoms with Crippen LogP contribution < -0.4 is 0 Å². The van der Waals surface area contributed by atoms with E-state index >= 15 is 0 Å². The van der Waals surface area contributed by atoms with Crippen LogP contribution in [0.1, 0.15) is 30.9 Å². The quantitative estimate of drug-likeness (QED) is 0.801. The first-order valence-corrected chi connectivity index (χ1v) is 6.63. The largest absolute Gasteiger partial charge is 0.382 e. The molecule has 17 heavy (non-hydrogen) atoms. The lowest BCUT2D eigenvalue weighted by Gasteiger charge is -2.58. The number of fused-ring (bicyclic) bond motifs is 1. The molecule has 2 fully saturated rings. The van der Waals surface area contributed by atoms with E-state index in [-0.39, 0.29) is 0 Å². The number of benzene rings is 1. The number of hydrogen-bond donors (Lipinski definition) is 1. The minimum Gasteiger partial charge on any atom is -0.382 e. The summed E-state index contributed by atoms with van der Waals surface area (Å²) in [5, 5.41) is 10.8. The van der Waals surface area contributed by atoms with E-state index in [1.165, 1.54) is 12.0 Å². The molecule has 2 aliphatic rings. The van der Waals surface area contributed by atoms with Crippen LogP contribution in [-0.2, 0) is 5.60 Å². The van der Waals surface area contributed by atoms with Crippen molar-refractivity contribution in [2.75, 3.05) is 13.1 Å². The Balaban J connectivity index is 1.85. The lowest BCUT2D eigenvalue weighted by atomic mass is 9.71. The standard InChI is InChI=1S/C15H21NO/c1-11-3-5-13(6-4-11)15(17)10-16-8-7-12(2)9-14(15)16/h3-6,12,14,17H,7-10H2,1-2H3/t12-,14+,15-/m0/s1. The van der Waals surface area contributed by atoms with E-state index in [0.29, 0.717) is 6.04 Å². The summed E-state index contributed by atoms with van der Waals surface area (Å²) in [6, 6.07) is 8.72. The van der Waals surface area contributed by atoms with E-state index in [4.69, 9.17) is 0 Å². The highest BCUT2D eigenvalue weighted by Gasteiger charge is 2.53. The third kappa shape index (κ3) is 1.71. The third-order valence-electron chi connectivity index (χ3n) is 4.52. The van der Waals surface area contributed by atoms with Crippen molar-refractivity contribution in [3.05, 3.63) is 35.4 Å². The number of aliphatic hydroxyl groups is 1. The molecule has 1 N–H and O–H groups in total. The van der Waals surface area contributed by atoms with E-state index in [1.54, 1.807) is 0 Å². The average molecular weight is 231 g/mol. The first kappa shape index (κ1) is 11.2. The van der Waals surface area contributed by atoms with Gasteiger partial charge in [0.1, 0.15) is 5.60 Å². The van der Waals surface area contributed by atoms with Crippen LogP contribution in [0, 0.1) is 12.8 Å². The molecule has 2 aliphatic heterocycles. The second kappa shape index (κ2) is 3.82. The summed E-state index contributed by atoms with van der Waals surface area (Å²) in [7, 11) is 0. The highest BCUT2D eigenvalue weighted by molar-refractivity contribution is 5.31. The third-order valence-corrected chi connectivity index (χ3v) is 4.52. The second-order valence-electron chi connectivity index (χ2n) is 5.91. The predicted molar refractivity (Wildman–Crippen MR) is 68.8 cm³/mol. The topological polar surface area (TPSA) is 23.5 Å². The van der Waals surface area contributed by atoms with E-state index in [2.05, 4.69) is 43.0 Å². The molecule has 0 aromatic heterocycles. The van der Waals surface area contributed by atoms with Gasteiger partial charge in [-0.15, -0.1) is 0 Å². The fourth-order valence-corrected chi connectivity index (χ4v) is 3.30. The number of piperidine rings is 1. The van der Waals surface area contributed by atoms with Gasteiger partial charge in [0.25, 0.3) is 0 Å². The van der Waals surface area contributed by atoms with E-state index in [9.17, 15) is 5.11 Å². The smallest absolute Gasteiger partial charge is 0.118 e. The summed E-state index contributed by atoms with van der Waals surface area (Å²) in [5.41, 5.74) is 1.76. The molecule has 92 valence electrons. The Morgan fingerprint density at radius 3 is 2.71 bits per heavy atom. The monoisotopic (exact) mass is 231 g/mol. The maximum Gasteiger partial charge on any atom is 0.118 e. The van der Waals surface area contributed by atoms with Gasteiger partial charge in [0, 0.05) is 12.6 Å². The number of rotatable bonds is 1. The summed E-state index contributed by atoms with van der Waals surface area (Å²) in [5.74, 6) is 0.744. The molecule has 2 nitrogen and oxygen atoms in total. The zero-order valence-corrected chi connectivity index (χ0v) is 10.7. The molecule has 0 amide bonds.